The molecule has 9 nitrogen and oxygen atoms in total. The van der Waals surface area contributed by atoms with Crippen LogP contribution in [0.25, 0.3) is 0 Å². The van der Waals surface area contributed by atoms with Gasteiger partial charge in [0.1, 0.15) is 11.9 Å². The monoisotopic (exact) mass is 613 g/mol. The fourth-order valence-corrected chi connectivity index (χ4v) is 6.20. The second-order valence-corrected chi connectivity index (χ2v) is 11.9. The minimum absolute atomic E-state index is 0.0395. The minimum Gasteiger partial charge on any atom is -0.384 e. The van der Waals surface area contributed by atoms with E-state index in [0.29, 0.717) is 30.8 Å². The minimum atomic E-state index is -4.58. The van der Waals surface area contributed by atoms with Crippen molar-refractivity contribution in [2.45, 2.75) is 69.5 Å². The Morgan fingerprint density at radius 3 is 2.18 bits per heavy atom. The molecule has 0 aromatic heterocycles. The summed E-state index contributed by atoms with van der Waals surface area (Å²) in [5, 5.41) is 21.2. The lowest BCUT2D eigenvalue weighted by Gasteiger charge is -2.34. The first-order valence-electron chi connectivity index (χ1n) is 15.2. The quantitative estimate of drug-likeness (QED) is 0.175. The van der Waals surface area contributed by atoms with Crippen LogP contribution in [-0.4, -0.2) is 54.2 Å². The van der Waals surface area contributed by atoms with Gasteiger partial charge in [-0.3, -0.25) is 20.4 Å². The molecule has 2 aromatic rings. The van der Waals surface area contributed by atoms with E-state index in [0.717, 1.165) is 57.1 Å². The molecule has 1 saturated heterocycles. The number of nitrogens with one attached hydrogen (secondary N) is 4. The first-order chi connectivity index (χ1) is 20.9. The first-order valence-corrected chi connectivity index (χ1v) is 15.2. The van der Waals surface area contributed by atoms with Crippen molar-refractivity contribution in [2.75, 3.05) is 19.6 Å². The summed E-state index contributed by atoms with van der Waals surface area (Å²) >= 11 is 0. The number of nitrogens with two attached hydrogens (primary N) is 2. The van der Waals surface area contributed by atoms with E-state index in [1.54, 1.807) is 29.2 Å². The molecule has 2 aromatic carbocycles. The van der Waals surface area contributed by atoms with Crippen molar-refractivity contribution >= 4 is 23.6 Å². The Bertz CT molecular complexity index is 1320. The van der Waals surface area contributed by atoms with Gasteiger partial charge >= 0.3 is 6.18 Å². The third-order valence-corrected chi connectivity index (χ3v) is 8.86. The number of nitrogen functional groups attached to an aromatic ring is 1. The van der Waals surface area contributed by atoms with E-state index < -0.39 is 29.6 Å². The molecule has 2 fully saturated rings. The maximum Gasteiger partial charge on any atom is 0.416 e. The molecule has 0 spiro atoms. The van der Waals surface area contributed by atoms with E-state index in [9.17, 15) is 22.8 Å². The summed E-state index contributed by atoms with van der Waals surface area (Å²) in [6, 6.07) is 10.6. The van der Waals surface area contributed by atoms with Crippen molar-refractivity contribution in [1.29, 1.82) is 10.8 Å². The molecule has 238 valence electrons. The molecule has 0 radical (unpaired) electrons. The SMILES string of the molecule is N=C(N)c1ccc(CC(C(=O)N[C@H](C(=O)NCC2CCN(C(=N)N)CC2)C2CCCCC2)c2cccc(C(F)(F)F)c2)cc1. The van der Waals surface area contributed by atoms with Crippen LogP contribution in [-0.2, 0) is 22.2 Å². The predicted molar refractivity (Wildman–Crippen MR) is 163 cm³/mol. The van der Waals surface area contributed by atoms with Gasteiger partial charge in [0, 0.05) is 25.2 Å². The number of nitrogens with zero attached hydrogens (tertiary/aromatic N) is 1. The topological polar surface area (TPSA) is 161 Å². The van der Waals surface area contributed by atoms with Crippen LogP contribution in [0.15, 0.2) is 48.5 Å². The van der Waals surface area contributed by atoms with Crippen LogP contribution in [0.4, 0.5) is 13.2 Å². The fraction of sp³-hybridized carbons (Fsp3) is 0.500. The van der Waals surface area contributed by atoms with Crippen LogP contribution in [0.2, 0.25) is 0 Å². The predicted octanol–water partition coefficient (Wildman–Crippen LogP) is 4.10. The van der Waals surface area contributed by atoms with Crippen LogP contribution >= 0.6 is 0 Å². The highest BCUT2D eigenvalue weighted by Gasteiger charge is 2.35. The average molecular weight is 614 g/mol. The maximum atomic E-state index is 14.0. The Hall–Kier alpha value is -4.09. The number of piperidine rings is 1. The summed E-state index contributed by atoms with van der Waals surface area (Å²) in [4.78, 5) is 29.4. The number of benzene rings is 2. The first kappa shape index (κ1) is 32.8. The molecule has 12 heteroatoms. The number of hydrogen-bond acceptors (Lipinski definition) is 4. The average Bonchev–Trinajstić information content (AvgIpc) is 3.01. The normalized spacial score (nSPS) is 17.8. The summed E-state index contributed by atoms with van der Waals surface area (Å²) in [5.74, 6) is -1.73. The number of guanidine groups is 1. The van der Waals surface area contributed by atoms with Crippen molar-refractivity contribution in [2.24, 2.45) is 23.3 Å². The number of alkyl halides is 3. The molecule has 2 amide bonds. The number of carbonyl (C=O) groups is 2. The van der Waals surface area contributed by atoms with Gasteiger partial charge < -0.3 is 27.0 Å². The molecule has 44 heavy (non-hydrogen) atoms. The largest absolute Gasteiger partial charge is 0.416 e. The number of rotatable bonds is 10. The highest BCUT2D eigenvalue weighted by Crippen LogP contribution is 2.33. The second kappa shape index (κ2) is 14.6. The lowest BCUT2D eigenvalue weighted by Crippen LogP contribution is -2.53. The summed E-state index contributed by atoms with van der Waals surface area (Å²) in [5.41, 5.74) is 11.7. The van der Waals surface area contributed by atoms with Crippen molar-refractivity contribution < 1.29 is 22.8 Å². The summed E-state index contributed by atoms with van der Waals surface area (Å²) in [6.07, 6.45) is 1.55. The number of carbonyl (C=O) groups excluding carboxylic acids is 2. The number of halogens is 3. The van der Waals surface area contributed by atoms with Crippen LogP contribution in [0.1, 0.15) is 73.1 Å². The van der Waals surface area contributed by atoms with Crippen molar-refractivity contribution in [3.8, 4) is 0 Å². The molecule has 8 N–H and O–H groups in total. The highest BCUT2D eigenvalue weighted by atomic mass is 19.4. The zero-order valence-electron chi connectivity index (χ0n) is 24.8. The van der Waals surface area contributed by atoms with Gasteiger partial charge in [0.25, 0.3) is 0 Å². The lowest BCUT2D eigenvalue weighted by atomic mass is 9.82. The number of hydrogen-bond donors (Lipinski definition) is 6. The Morgan fingerprint density at radius 1 is 0.932 bits per heavy atom. The van der Waals surface area contributed by atoms with Gasteiger partial charge in [0.05, 0.1) is 11.5 Å². The maximum absolute atomic E-state index is 14.0. The third-order valence-electron chi connectivity index (χ3n) is 8.86. The van der Waals surface area contributed by atoms with Crippen LogP contribution in [0.3, 0.4) is 0 Å². The molecule has 1 aliphatic carbocycles. The lowest BCUT2D eigenvalue weighted by molar-refractivity contribution is -0.137. The van der Waals surface area contributed by atoms with E-state index in [-0.39, 0.29) is 41.5 Å². The molecule has 4 rings (SSSR count). The Morgan fingerprint density at radius 2 is 1.59 bits per heavy atom. The summed E-state index contributed by atoms with van der Waals surface area (Å²) < 4.78 is 40.9. The third kappa shape index (κ3) is 8.73. The second-order valence-electron chi connectivity index (χ2n) is 11.9. The van der Waals surface area contributed by atoms with Crippen LogP contribution < -0.4 is 22.1 Å². The molecule has 1 unspecified atom stereocenters. The van der Waals surface area contributed by atoms with Gasteiger partial charge in [-0.25, -0.2) is 0 Å². The number of amides is 2. The van der Waals surface area contributed by atoms with Crippen molar-refractivity contribution in [1.82, 2.24) is 15.5 Å². The Balaban J connectivity index is 1.55. The van der Waals surface area contributed by atoms with Crippen LogP contribution in [0.5, 0.6) is 0 Å². The van der Waals surface area contributed by atoms with Crippen molar-refractivity contribution in [3.63, 3.8) is 0 Å². The molecular formula is C32H42F3N7O2. The van der Waals surface area contributed by atoms with Gasteiger partial charge in [0.2, 0.25) is 11.8 Å². The van der Waals surface area contributed by atoms with Gasteiger partial charge in [-0.2, -0.15) is 13.2 Å². The molecule has 1 saturated carbocycles. The number of likely N-dealkylation sites (tertiary alicyclic amines) is 1. The van der Waals surface area contributed by atoms with Gasteiger partial charge in [-0.05, 0) is 61.1 Å². The van der Waals surface area contributed by atoms with E-state index in [4.69, 9.17) is 22.3 Å². The molecule has 1 heterocycles. The molecule has 2 aliphatic rings. The molecular weight excluding hydrogens is 571 g/mol. The van der Waals surface area contributed by atoms with E-state index in [2.05, 4.69) is 10.6 Å². The van der Waals surface area contributed by atoms with Gasteiger partial charge in [-0.15, -0.1) is 0 Å². The molecule has 2 atom stereocenters. The Labute approximate surface area is 256 Å². The van der Waals surface area contributed by atoms with Crippen molar-refractivity contribution in [3.05, 3.63) is 70.8 Å². The highest BCUT2D eigenvalue weighted by molar-refractivity contribution is 5.95. The Kier molecular flexibility index (Phi) is 10.9. The fourth-order valence-electron chi connectivity index (χ4n) is 6.20. The molecule has 1 aliphatic heterocycles. The smallest absolute Gasteiger partial charge is 0.384 e. The van der Waals surface area contributed by atoms with Crippen LogP contribution in [0, 0.1) is 22.7 Å². The number of amidine groups is 1. The van der Waals surface area contributed by atoms with E-state index in [1.807, 2.05) is 0 Å². The van der Waals surface area contributed by atoms with E-state index >= 15 is 0 Å². The van der Waals surface area contributed by atoms with Gasteiger partial charge in [-0.1, -0.05) is 61.7 Å². The molecule has 0 bridgehead atoms. The zero-order valence-corrected chi connectivity index (χ0v) is 24.8. The van der Waals surface area contributed by atoms with E-state index in [1.165, 1.54) is 12.1 Å². The van der Waals surface area contributed by atoms with Gasteiger partial charge in [0.15, 0.2) is 5.96 Å². The summed E-state index contributed by atoms with van der Waals surface area (Å²) in [7, 11) is 0. The zero-order chi connectivity index (χ0) is 31.9. The standard InChI is InChI=1S/C32H42F3N7O2/c33-32(34,35)25-8-4-7-24(18-25)26(17-20-9-11-23(12-10-20)28(36)37)29(43)41-27(22-5-2-1-3-6-22)30(44)40-19-21-13-15-42(16-14-21)31(38)39/h4,7-12,18,21-22,26-27H,1-3,5-6,13-17,19H2,(H3,36,37)(H3,38,39)(H,40,44)(H,41,43)/t26?,27-/m0/s1. The summed E-state index contributed by atoms with van der Waals surface area (Å²) in [6.45, 7) is 1.72.